The lowest BCUT2D eigenvalue weighted by Gasteiger charge is -2.32. The first kappa shape index (κ1) is 16.7. The molecule has 0 unspecified atom stereocenters. The van der Waals surface area contributed by atoms with Gasteiger partial charge in [-0.25, -0.2) is 15.0 Å². The van der Waals surface area contributed by atoms with Gasteiger partial charge in [-0.3, -0.25) is 14.7 Å². The van der Waals surface area contributed by atoms with Gasteiger partial charge in [0, 0.05) is 25.7 Å². The first-order valence-corrected chi connectivity index (χ1v) is 9.33. The van der Waals surface area contributed by atoms with Crippen LogP contribution >= 0.6 is 0 Å². The van der Waals surface area contributed by atoms with Gasteiger partial charge < -0.3 is 9.88 Å². The number of nitrogens with one attached hydrogen (secondary N) is 2. The Kier molecular flexibility index (Phi) is 3.92. The number of piperidine rings is 1. The lowest BCUT2D eigenvalue weighted by molar-refractivity contribution is 0.0669. The lowest BCUT2D eigenvalue weighted by atomic mass is 9.94. The number of benzene rings is 1. The molecule has 0 aliphatic carbocycles. The van der Waals surface area contributed by atoms with E-state index in [0.29, 0.717) is 19.0 Å². The molecule has 9 nitrogen and oxygen atoms in total. The van der Waals surface area contributed by atoms with Crippen LogP contribution < -0.4 is 5.56 Å². The third-order valence-electron chi connectivity index (χ3n) is 5.27. The maximum Gasteiger partial charge on any atom is 0.286 e. The molecule has 142 valence electrons. The zero-order chi connectivity index (χ0) is 19.1. The van der Waals surface area contributed by atoms with Crippen LogP contribution in [0.15, 0.2) is 41.6 Å². The summed E-state index contributed by atoms with van der Waals surface area (Å²) in [6.07, 6.45) is 5.40. The third kappa shape index (κ3) is 2.84. The van der Waals surface area contributed by atoms with Crippen LogP contribution in [0.2, 0.25) is 0 Å². The summed E-state index contributed by atoms with van der Waals surface area (Å²) in [6, 6.07) is 7.94. The molecule has 1 amide bonds. The molecule has 4 aromatic rings. The van der Waals surface area contributed by atoms with Crippen molar-refractivity contribution in [1.82, 2.24) is 34.4 Å². The molecular formula is C19H19N7O2. The molecule has 2 N–H and O–H groups in total. The summed E-state index contributed by atoms with van der Waals surface area (Å²) in [5.41, 5.74) is 1.61. The number of H-pyrrole nitrogens is 2. The van der Waals surface area contributed by atoms with Gasteiger partial charge in [0.15, 0.2) is 0 Å². The molecule has 0 bridgehead atoms. The minimum atomic E-state index is -0.424. The predicted octanol–water partition coefficient (Wildman–Crippen LogP) is 1.39. The number of nitrogens with zero attached hydrogens (tertiary/aromatic N) is 5. The van der Waals surface area contributed by atoms with Gasteiger partial charge in [0.25, 0.3) is 17.2 Å². The normalized spacial score (nSPS) is 17.4. The summed E-state index contributed by atoms with van der Waals surface area (Å²) in [5.74, 6) is 1.20. The summed E-state index contributed by atoms with van der Waals surface area (Å²) < 4.78 is 1.18. The topological polar surface area (TPSA) is 112 Å². The SMILES string of the molecule is O=C(c1cnc2nc[nH]n2c1=O)N1CCC[C@@H](Cc2nc3ccccc3[nH]2)C1. The number of carbonyl (C=O) groups is 1. The van der Waals surface area contributed by atoms with Crippen LogP contribution in [0.4, 0.5) is 0 Å². The van der Waals surface area contributed by atoms with Gasteiger partial charge in [0.2, 0.25) is 0 Å². The van der Waals surface area contributed by atoms with Gasteiger partial charge in [0.1, 0.15) is 17.7 Å². The van der Waals surface area contributed by atoms with Gasteiger partial charge in [-0.05, 0) is 30.9 Å². The van der Waals surface area contributed by atoms with Crippen LogP contribution in [-0.2, 0) is 6.42 Å². The van der Waals surface area contributed by atoms with Gasteiger partial charge in [-0.1, -0.05) is 12.1 Å². The Balaban J connectivity index is 1.35. The Labute approximate surface area is 159 Å². The molecule has 4 heterocycles. The van der Waals surface area contributed by atoms with Crippen molar-refractivity contribution in [3.8, 4) is 0 Å². The smallest absolute Gasteiger partial charge is 0.286 e. The molecule has 0 saturated carbocycles. The second-order valence-corrected chi connectivity index (χ2v) is 7.16. The Morgan fingerprint density at radius 3 is 3.04 bits per heavy atom. The quantitative estimate of drug-likeness (QED) is 0.560. The number of hydrogen-bond donors (Lipinski definition) is 2. The summed E-state index contributed by atoms with van der Waals surface area (Å²) in [7, 11) is 0. The highest BCUT2D eigenvalue weighted by molar-refractivity contribution is 5.93. The zero-order valence-electron chi connectivity index (χ0n) is 15.1. The molecule has 0 radical (unpaired) electrons. The van der Waals surface area contributed by atoms with E-state index in [4.69, 9.17) is 0 Å². The monoisotopic (exact) mass is 377 g/mol. The molecule has 28 heavy (non-hydrogen) atoms. The lowest BCUT2D eigenvalue weighted by Crippen LogP contribution is -2.43. The molecule has 5 rings (SSSR count). The number of aromatic amines is 2. The van der Waals surface area contributed by atoms with E-state index in [2.05, 4.69) is 25.0 Å². The molecule has 1 saturated heterocycles. The Morgan fingerprint density at radius 2 is 2.14 bits per heavy atom. The van der Waals surface area contributed by atoms with Gasteiger partial charge in [0.05, 0.1) is 11.0 Å². The predicted molar refractivity (Wildman–Crippen MR) is 102 cm³/mol. The molecule has 1 fully saturated rings. The molecule has 1 aliphatic heterocycles. The minimum Gasteiger partial charge on any atom is -0.342 e. The van der Waals surface area contributed by atoms with Crippen molar-refractivity contribution in [2.45, 2.75) is 19.3 Å². The van der Waals surface area contributed by atoms with E-state index in [1.165, 1.54) is 17.0 Å². The average molecular weight is 377 g/mol. The fraction of sp³-hybridized carbons (Fsp3) is 0.316. The fourth-order valence-electron chi connectivity index (χ4n) is 3.91. The highest BCUT2D eigenvalue weighted by atomic mass is 16.2. The van der Waals surface area contributed by atoms with Crippen molar-refractivity contribution in [2.75, 3.05) is 13.1 Å². The van der Waals surface area contributed by atoms with Crippen molar-refractivity contribution in [3.05, 3.63) is 58.5 Å². The Bertz CT molecular complexity index is 1190. The first-order chi connectivity index (χ1) is 13.7. The van der Waals surface area contributed by atoms with Crippen LogP contribution in [0, 0.1) is 5.92 Å². The van der Waals surface area contributed by atoms with E-state index in [-0.39, 0.29) is 17.2 Å². The van der Waals surface area contributed by atoms with E-state index >= 15 is 0 Å². The number of aromatic nitrogens is 6. The van der Waals surface area contributed by atoms with E-state index in [1.807, 2.05) is 24.3 Å². The Morgan fingerprint density at radius 1 is 1.25 bits per heavy atom. The van der Waals surface area contributed by atoms with E-state index in [1.54, 1.807) is 4.90 Å². The number of hydrogen-bond acceptors (Lipinski definition) is 5. The van der Waals surface area contributed by atoms with Crippen molar-refractivity contribution in [1.29, 1.82) is 0 Å². The molecule has 1 aromatic carbocycles. The first-order valence-electron chi connectivity index (χ1n) is 9.33. The number of likely N-dealkylation sites (tertiary alicyclic amines) is 1. The summed E-state index contributed by atoms with van der Waals surface area (Å²) in [5, 5.41) is 2.69. The van der Waals surface area contributed by atoms with E-state index in [9.17, 15) is 9.59 Å². The van der Waals surface area contributed by atoms with E-state index in [0.717, 1.165) is 36.1 Å². The zero-order valence-corrected chi connectivity index (χ0v) is 15.1. The average Bonchev–Trinajstić information content (AvgIpc) is 3.34. The second-order valence-electron chi connectivity index (χ2n) is 7.16. The van der Waals surface area contributed by atoms with Crippen LogP contribution in [0.25, 0.3) is 16.8 Å². The van der Waals surface area contributed by atoms with Crippen molar-refractivity contribution in [2.24, 2.45) is 5.92 Å². The van der Waals surface area contributed by atoms with Crippen molar-refractivity contribution in [3.63, 3.8) is 0 Å². The van der Waals surface area contributed by atoms with Crippen LogP contribution in [0.1, 0.15) is 29.0 Å². The summed E-state index contributed by atoms with van der Waals surface area (Å²) in [4.78, 5) is 43.2. The molecular weight excluding hydrogens is 358 g/mol. The highest BCUT2D eigenvalue weighted by Crippen LogP contribution is 2.22. The van der Waals surface area contributed by atoms with E-state index < -0.39 is 5.56 Å². The van der Waals surface area contributed by atoms with Crippen molar-refractivity contribution >= 4 is 22.7 Å². The number of imidazole rings is 1. The summed E-state index contributed by atoms with van der Waals surface area (Å²) >= 11 is 0. The largest absolute Gasteiger partial charge is 0.342 e. The standard InChI is InChI=1S/C19H19N7O2/c27-17(13-9-20-19-21-11-22-26(19)18(13)28)25-7-3-4-12(10-25)8-16-23-14-5-1-2-6-15(14)24-16/h1-2,5-6,9,11-12H,3-4,7-8,10H2,(H,23,24)(H,20,21,22)/t12-/m0/s1. The van der Waals surface area contributed by atoms with Gasteiger partial charge in [-0.2, -0.15) is 4.52 Å². The summed E-state index contributed by atoms with van der Waals surface area (Å²) in [6.45, 7) is 1.24. The molecule has 9 heteroatoms. The van der Waals surface area contributed by atoms with Crippen molar-refractivity contribution < 1.29 is 4.79 Å². The maximum absolute atomic E-state index is 12.9. The maximum atomic E-state index is 12.9. The van der Waals surface area contributed by atoms with Crippen LogP contribution in [0.3, 0.4) is 0 Å². The number of amides is 1. The number of fused-ring (bicyclic) bond motifs is 2. The second kappa shape index (κ2) is 6.59. The molecule has 1 aliphatic rings. The number of rotatable bonds is 3. The Hall–Kier alpha value is -3.49. The molecule has 3 aromatic heterocycles. The number of carbonyl (C=O) groups excluding carboxylic acids is 1. The molecule has 0 spiro atoms. The van der Waals surface area contributed by atoms with Crippen LogP contribution in [0.5, 0.6) is 0 Å². The van der Waals surface area contributed by atoms with Gasteiger partial charge in [-0.15, -0.1) is 0 Å². The van der Waals surface area contributed by atoms with Gasteiger partial charge >= 0.3 is 0 Å². The third-order valence-corrected chi connectivity index (χ3v) is 5.27. The number of para-hydroxylation sites is 2. The minimum absolute atomic E-state index is 0.0612. The molecule has 1 atom stereocenters. The highest BCUT2D eigenvalue weighted by Gasteiger charge is 2.27. The van der Waals surface area contributed by atoms with Crippen LogP contribution in [-0.4, -0.2) is 53.4 Å². The fourth-order valence-corrected chi connectivity index (χ4v) is 3.91.